The van der Waals surface area contributed by atoms with Crippen molar-refractivity contribution in [1.29, 1.82) is 0 Å². The highest BCUT2D eigenvalue weighted by atomic mass is 79.9. The molecule has 7 aromatic rings. The van der Waals surface area contributed by atoms with Crippen LogP contribution in [0.2, 0.25) is 0 Å². The van der Waals surface area contributed by atoms with Gasteiger partial charge in [-0.1, -0.05) is 153 Å². The molecule has 362 valence electrons. The molecule has 2 aliphatic heterocycles. The van der Waals surface area contributed by atoms with Gasteiger partial charge in [0.1, 0.15) is 11.6 Å². The largest absolute Gasteiger partial charge is 0.493 e. The first-order chi connectivity index (χ1) is 34.5. The lowest BCUT2D eigenvalue weighted by Crippen LogP contribution is -2.50. The van der Waals surface area contributed by atoms with Gasteiger partial charge < -0.3 is 33.9 Å². The fourth-order valence-corrected chi connectivity index (χ4v) is 10.6. The van der Waals surface area contributed by atoms with Crippen molar-refractivity contribution in [3.8, 4) is 23.0 Å². The minimum absolute atomic E-state index is 0.0481. The Kier molecular flexibility index (Phi) is 15.8. The minimum atomic E-state index is -1.73. The van der Waals surface area contributed by atoms with Gasteiger partial charge in [0, 0.05) is 62.8 Å². The lowest BCUT2D eigenvalue weighted by atomic mass is 9.79. The van der Waals surface area contributed by atoms with E-state index < -0.39 is 17.7 Å². The Morgan fingerprint density at radius 1 is 0.521 bits per heavy atom. The zero-order valence-corrected chi connectivity index (χ0v) is 43.5. The van der Waals surface area contributed by atoms with Crippen molar-refractivity contribution in [2.75, 3.05) is 51.3 Å². The molecular weight excluding hydrogens is 1020 g/mol. The summed E-state index contributed by atoms with van der Waals surface area (Å²) in [5, 5.41) is 12.6. The van der Waals surface area contributed by atoms with Gasteiger partial charge in [0.25, 0.3) is 11.8 Å². The third-order valence-corrected chi connectivity index (χ3v) is 13.5. The van der Waals surface area contributed by atoms with Crippen molar-refractivity contribution in [2.45, 2.75) is 38.0 Å². The molecule has 0 aliphatic carbocycles. The van der Waals surface area contributed by atoms with Gasteiger partial charge in [0.15, 0.2) is 29.0 Å². The van der Waals surface area contributed by atoms with Crippen LogP contribution in [0.25, 0.3) is 0 Å². The number of rotatable bonds is 13. The van der Waals surface area contributed by atoms with Crippen molar-refractivity contribution in [3.63, 3.8) is 0 Å². The topological polar surface area (TPSA) is 122 Å². The van der Waals surface area contributed by atoms with Gasteiger partial charge in [-0.3, -0.25) is 19.6 Å². The van der Waals surface area contributed by atoms with Gasteiger partial charge in [-0.15, -0.1) is 0 Å². The van der Waals surface area contributed by atoms with Gasteiger partial charge in [-0.2, -0.15) is 0 Å². The van der Waals surface area contributed by atoms with Gasteiger partial charge >= 0.3 is 0 Å². The molecule has 13 heteroatoms. The number of benzene rings is 7. The molecular formula is C58H54Br2N4O7. The Bertz CT molecular complexity index is 3020. The summed E-state index contributed by atoms with van der Waals surface area (Å²) >= 11 is 7.10. The van der Waals surface area contributed by atoms with Gasteiger partial charge in [-0.25, -0.2) is 0 Å². The van der Waals surface area contributed by atoms with E-state index in [0.717, 1.165) is 48.2 Å². The van der Waals surface area contributed by atoms with Crippen molar-refractivity contribution < 1.29 is 33.6 Å². The number of halogens is 2. The third kappa shape index (κ3) is 10.3. The molecule has 9 rings (SSSR count). The number of amides is 2. The van der Waals surface area contributed by atoms with E-state index in [1.807, 2.05) is 172 Å². The van der Waals surface area contributed by atoms with Crippen molar-refractivity contribution in [1.82, 2.24) is 0 Å². The highest BCUT2D eigenvalue weighted by molar-refractivity contribution is 9.11. The summed E-state index contributed by atoms with van der Waals surface area (Å²) in [5.74, 6) is 1.83. The number of ether oxygens (including phenoxy) is 4. The number of carbonyl (C=O) groups is 2. The van der Waals surface area contributed by atoms with Crippen molar-refractivity contribution in [3.05, 3.63) is 212 Å². The smallest absolute Gasteiger partial charge is 0.255 e. The van der Waals surface area contributed by atoms with Gasteiger partial charge in [-0.05, 0) is 60.9 Å². The fourth-order valence-electron chi connectivity index (χ4n) is 9.19. The first-order valence-corrected chi connectivity index (χ1v) is 24.8. The fraction of sp³-hybridized carbons (Fsp3) is 0.207. The zero-order valence-electron chi connectivity index (χ0n) is 40.3. The Morgan fingerprint density at radius 3 is 1.31 bits per heavy atom. The van der Waals surface area contributed by atoms with Crippen LogP contribution in [0.1, 0.15) is 52.8 Å². The maximum Gasteiger partial charge on any atom is 0.255 e. The lowest BCUT2D eigenvalue weighted by Gasteiger charge is -2.36. The average molecular weight is 1080 g/mol. The zero-order chi connectivity index (χ0) is 50.2. The molecule has 0 spiro atoms. The van der Waals surface area contributed by atoms with Crippen LogP contribution < -0.4 is 28.7 Å². The van der Waals surface area contributed by atoms with E-state index in [9.17, 15) is 14.7 Å². The molecule has 11 nitrogen and oxygen atoms in total. The van der Waals surface area contributed by atoms with Crippen LogP contribution in [0.15, 0.2) is 183 Å². The summed E-state index contributed by atoms with van der Waals surface area (Å²) in [6.45, 7) is 4.76. The second-order valence-electron chi connectivity index (χ2n) is 16.7. The molecule has 0 bridgehead atoms. The number of methoxy groups -OCH3 is 4. The van der Waals surface area contributed by atoms with Crippen molar-refractivity contribution in [2.24, 2.45) is 9.98 Å². The number of hydrogen-bond acceptors (Lipinski definition) is 9. The number of anilines is 2. The maximum atomic E-state index is 14.5. The van der Waals surface area contributed by atoms with E-state index in [1.54, 1.807) is 44.3 Å². The molecule has 2 amide bonds. The van der Waals surface area contributed by atoms with Crippen LogP contribution in [-0.2, 0) is 21.6 Å². The Labute approximate surface area is 431 Å². The quantitative estimate of drug-likeness (QED) is 0.122. The summed E-state index contributed by atoms with van der Waals surface area (Å²) in [6, 6.07) is 49.9. The lowest BCUT2D eigenvalue weighted by molar-refractivity contribution is -0.124. The number of likely N-dealkylation sites (N-methyl/N-ethyl adjacent to an activating group) is 2. The Balaban J connectivity index is 0.000000192. The molecule has 2 atom stereocenters. The maximum absolute atomic E-state index is 14.5. The first-order valence-electron chi connectivity index (χ1n) is 23.2. The van der Waals surface area contributed by atoms with E-state index in [4.69, 9.17) is 28.9 Å². The predicted octanol–water partition coefficient (Wildman–Crippen LogP) is 11.3. The molecule has 2 aliphatic rings. The standard InChI is InChI=1S/C32H30N2O4.C26H24Br2N2O3/c1-4-34-26-21-28(38-3)27(37-2)20-25(26)29(22-14-8-5-9-15-22)33-30(31(34)35)32(36,23-16-10-6-11-17-23)24-18-12-7-13-19-24;1-4-30-22-15-24(33-3)23(32-2)14-20(22)25(17-8-6-5-7-9-17)29-21(26(30)31)12-16-10-18(27)13-19(28)11-16/h5-21,30,36H,4H2,1-3H3;5-11,13-15,21H,4,12H2,1-3H3. The molecule has 7 aromatic carbocycles. The van der Waals surface area contributed by atoms with E-state index in [0.29, 0.717) is 65.0 Å². The van der Waals surface area contributed by atoms with E-state index >= 15 is 0 Å². The summed E-state index contributed by atoms with van der Waals surface area (Å²) in [4.78, 5) is 41.8. The number of hydrogen-bond donors (Lipinski definition) is 1. The first kappa shape index (κ1) is 50.3. The molecule has 2 unspecified atom stereocenters. The van der Waals surface area contributed by atoms with Crippen LogP contribution in [0.3, 0.4) is 0 Å². The van der Waals surface area contributed by atoms with E-state index in [2.05, 4.69) is 31.9 Å². The van der Waals surface area contributed by atoms with Crippen LogP contribution in [0.5, 0.6) is 23.0 Å². The Hall–Kier alpha value is -7.06. The number of aliphatic hydroxyl groups is 1. The van der Waals surface area contributed by atoms with Crippen LogP contribution in [0.4, 0.5) is 11.4 Å². The average Bonchev–Trinajstić information content (AvgIpc) is 3.60. The molecule has 0 saturated heterocycles. The molecule has 0 aromatic heterocycles. The Morgan fingerprint density at radius 2 is 0.901 bits per heavy atom. The number of aliphatic imine (C=N–C) groups is 2. The second-order valence-corrected chi connectivity index (χ2v) is 18.5. The molecule has 1 N–H and O–H groups in total. The van der Waals surface area contributed by atoms with Gasteiger partial charge in [0.2, 0.25) is 0 Å². The molecule has 71 heavy (non-hydrogen) atoms. The van der Waals surface area contributed by atoms with Crippen LogP contribution >= 0.6 is 31.9 Å². The summed E-state index contributed by atoms with van der Waals surface area (Å²) < 4.78 is 24.2. The number of benzodiazepines with no additional fused rings is 2. The minimum Gasteiger partial charge on any atom is -0.493 e. The van der Waals surface area contributed by atoms with Crippen LogP contribution in [0, 0.1) is 0 Å². The SMILES string of the molecule is CCN1C(=O)C(C(O)(c2ccccc2)c2ccccc2)N=C(c2ccccc2)c2cc(OC)c(OC)cc21.CCN1C(=O)C(Cc2cc(Br)cc(Br)c2)N=C(c2ccccc2)c2cc(OC)c(OC)cc21. The number of fused-ring (bicyclic) bond motifs is 2. The monoisotopic (exact) mass is 1080 g/mol. The molecule has 0 saturated carbocycles. The summed E-state index contributed by atoms with van der Waals surface area (Å²) in [7, 11) is 6.35. The summed E-state index contributed by atoms with van der Waals surface area (Å²) in [5.41, 5.74) is 6.52. The number of carbonyl (C=O) groups excluding carboxylic acids is 2. The van der Waals surface area contributed by atoms with Crippen molar-refractivity contribution >= 4 is 66.5 Å². The van der Waals surface area contributed by atoms with Gasteiger partial charge in [0.05, 0.1) is 51.2 Å². The molecule has 0 fully saturated rings. The number of nitrogens with zero attached hydrogens (tertiary/aromatic N) is 4. The molecule has 0 radical (unpaired) electrons. The predicted molar refractivity (Wildman–Crippen MR) is 288 cm³/mol. The highest BCUT2D eigenvalue weighted by Gasteiger charge is 2.48. The highest BCUT2D eigenvalue weighted by Crippen LogP contribution is 2.43. The second kappa shape index (κ2) is 22.4. The molecule has 2 heterocycles. The van der Waals surface area contributed by atoms with Crippen LogP contribution in [-0.4, -0.2) is 82.0 Å². The summed E-state index contributed by atoms with van der Waals surface area (Å²) in [6.07, 6.45) is 0.478. The third-order valence-electron chi connectivity index (χ3n) is 12.6. The van der Waals surface area contributed by atoms with E-state index in [-0.39, 0.29) is 11.8 Å². The van der Waals surface area contributed by atoms with E-state index in [1.165, 1.54) is 0 Å². The normalized spacial score (nSPS) is 15.5.